The van der Waals surface area contributed by atoms with Gasteiger partial charge in [0.2, 0.25) is 0 Å². The highest BCUT2D eigenvalue weighted by Crippen LogP contribution is 2.62. The first-order valence-corrected chi connectivity index (χ1v) is 8.85. The molecule has 7 nitrogen and oxygen atoms in total. The fourth-order valence-electron chi connectivity index (χ4n) is 4.23. The summed E-state index contributed by atoms with van der Waals surface area (Å²) in [6.07, 6.45) is 5.88. The van der Waals surface area contributed by atoms with E-state index < -0.39 is 0 Å². The van der Waals surface area contributed by atoms with Crippen molar-refractivity contribution < 1.29 is 4.42 Å². The Morgan fingerprint density at radius 2 is 2.22 bits per heavy atom. The maximum absolute atomic E-state index is 9.13. The minimum Gasteiger partial charge on any atom is -0.442 e. The Hall–Kier alpha value is -3.66. The number of aromatic nitrogens is 4. The Labute approximate surface area is 154 Å². The molecule has 0 spiro atoms. The fraction of sp³-hybridized carbons (Fsp3) is 0.200. The van der Waals surface area contributed by atoms with Gasteiger partial charge in [0, 0.05) is 17.3 Å². The van der Waals surface area contributed by atoms with Crippen LogP contribution in [0.5, 0.6) is 0 Å². The van der Waals surface area contributed by atoms with Gasteiger partial charge >= 0.3 is 0 Å². The van der Waals surface area contributed by atoms with Crippen LogP contribution in [0.1, 0.15) is 35.2 Å². The van der Waals surface area contributed by atoms with E-state index in [1.807, 2.05) is 18.2 Å². The van der Waals surface area contributed by atoms with E-state index in [-0.39, 0.29) is 6.04 Å². The number of hydrogen-bond donors (Lipinski definition) is 2. The molecule has 2 N–H and O–H groups in total. The molecule has 3 unspecified atom stereocenters. The van der Waals surface area contributed by atoms with Gasteiger partial charge in [0.1, 0.15) is 11.8 Å². The second-order valence-electron chi connectivity index (χ2n) is 7.14. The average molecular weight is 354 g/mol. The molecule has 6 rings (SSSR count). The van der Waals surface area contributed by atoms with Gasteiger partial charge in [-0.15, -0.1) is 0 Å². The number of nitrogens with zero attached hydrogens (tertiary/aromatic N) is 4. The molecular formula is C20H14N6O. The van der Waals surface area contributed by atoms with Crippen LogP contribution < -0.4 is 5.32 Å². The molecule has 1 aromatic carbocycles. The maximum Gasteiger partial charge on any atom is 0.181 e. The third kappa shape index (κ3) is 2.10. The van der Waals surface area contributed by atoms with E-state index in [2.05, 4.69) is 37.6 Å². The minimum atomic E-state index is 0.177. The Bertz CT molecular complexity index is 1220. The third-order valence-electron chi connectivity index (χ3n) is 5.59. The van der Waals surface area contributed by atoms with E-state index in [9.17, 15) is 0 Å². The SMILES string of the molecule is N#Cc1cnc2c(c1)C1CC1C2Nc1ccc2[nH]nc(-c3cnco3)c2c1. The maximum atomic E-state index is 9.13. The standard InChI is InChI=1S/C20H14N6O/c21-6-10-3-13-12-5-14(12)20(19(13)23-7-10)24-11-1-2-16-15(4-11)18(26-25-16)17-8-22-9-27-17/h1-4,7-9,12,14,20,24H,5H2,(H,25,26). The molecule has 0 aliphatic heterocycles. The van der Waals surface area contributed by atoms with Crippen molar-refractivity contribution in [3.8, 4) is 17.5 Å². The zero-order chi connectivity index (χ0) is 18.0. The van der Waals surface area contributed by atoms with Crippen LogP contribution in [0.2, 0.25) is 0 Å². The lowest BCUT2D eigenvalue weighted by Crippen LogP contribution is -2.12. The number of rotatable bonds is 3. The summed E-state index contributed by atoms with van der Waals surface area (Å²) in [6, 6.07) is 10.5. The minimum absolute atomic E-state index is 0.177. The van der Waals surface area contributed by atoms with Gasteiger partial charge in [-0.1, -0.05) is 0 Å². The first kappa shape index (κ1) is 14.5. The molecule has 1 saturated carbocycles. The largest absolute Gasteiger partial charge is 0.442 e. The highest BCUT2D eigenvalue weighted by atomic mass is 16.3. The first-order valence-electron chi connectivity index (χ1n) is 8.85. The monoisotopic (exact) mass is 354 g/mol. The van der Waals surface area contributed by atoms with E-state index in [4.69, 9.17) is 9.68 Å². The van der Waals surface area contributed by atoms with Crippen LogP contribution in [0, 0.1) is 17.2 Å². The number of oxazole rings is 1. The molecule has 0 bridgehead atoms. The summed E-state index contributed by atoms with van der Waals surface area (Å²) in [4.78, 5) is 8.55. The van der Waals surface area contributed by atoms with Crippen molar-refractivity contribution in [2.45, 2.75) is 18.4 Å². The fourth-order valence-corrected chi connectivity index (χ4v) is 4.23. The van der Waals surface area contributed by atoms with Crippen LogP contribution in [0.25, 0.3) is 22.4 Å². The summed E-state index contributed by atoms with van der Waals surface area (Å²) < 4.78 is 5.40. The van der Waals surface area contributed by atoms with E-state index >= 15 is 0 Å². The van der Waals surface area contributed by atoms with Crippen LogP contribution in [0.15, 0.2) is 47.5 Å². The number of anilines is 1. The van der Waals surface area contributed by atoms with Gasteiger partial charge in [0.05, 0.1) is 29.0 Å². The van der Waals surface area contributed by atoms with Crippen LogP contribution in [-0.4, -0.2) is 20.2 Å². The summed E-state index contributed by atoms with van der Waals surface area (Å²) in [6.45, 7) is 0. The van der Waals surface area contributed by atoms with Crippen molar-refractivity contribution in [3.05, 3.63) is 59.9 Å². The van der Waals surface area contributed by atoms with Crippen LogP contribution in [0.4, 0.5) is 5.69 Å². The van der Waals surface area contributed by atoms with Gasteiger partial charge < -0.3 is 9.73 Å². The molecular weight excluding hydrogens is 340 g/mol. The van der Waals surface area contributed by atoms with Crippen molar-refractivity contribution in [3.63, 3.8) is 0 Å². The smallest absolute Gasteiger partial charge is 0.181 e. The molecule has 3 heterocycles. The van der Waals surface area contributed by atoms with Crippen molar-refractivity contribution in [1.29, 1.82) is 5.26 Å². The lowest BCUT2D eigenvalue weighted by Gasteiger charge is -2.17. The van der Waals surface area contributed by atoms with Crippen molar-refractivity contribution in [2.24, 2.45) is 5.92 Å². The van der Waals surface area contributed by atoms with E-state index in [1.165, 1.54) is 12.0 Å². The van der Waals surface area contributed by atoms with E-state index in [1.54, 1.807) is 12.4 Å². The van der Waals surface area contributed by atoms with Crippen LogP contribution in [-0.2, 0) is 0 Å². The zero-order valence-corrected chi connectivity index (χ0v) is 14.2. The van der Waals surface area contributed by atoms with Crippen molar-refractivity contribution in [2.75, 3.05) is 5.32 Å². The third-order valence-corrected chi connectivity index (χ3v) is 5.59. The molecule has 130 valence electrons. The average Bonchev–Trinajstić information content (AvgIpc) is 3.04. The van der Waals surface area contributed by atoms with Gasteiger partial charge in [-0.3, -0.25) is 10.1 Å². The van der Waals surface area contributed by atoms with E-state index in [0.717, 1.165) is 34.4 Å². The highest BCUT2D eigenvalue weighted by Gasteiger charge is 2.53. The number of hydrogen-bond acceptors (Lipinski definition) is 6. The molecule has 4 aromatic rings. The number of H-pyrrole nitrogens is 1. The molecule has 27 heavy (non-hydrogen) atoms. The molecule has 7 heteroatoms. The molecule has 3 atom stereocenters. The quantitative estimate of drug-likeness (QED) is 0.581. The van der Waals surface area contributed by atoms with Gasteiger partial charge in [0.15, 0.2) is 12.2 Å². The van der Waals surface area contributed by atoms with E-state index in [0.29, 0.717) is 23.2 Å². The Morgan fingerprint density at radius 3 is 3.07 bits per heavy atom. The molecule has 3 aromatic heterocycles. The lowest BCUT2D eigenvalue weighted by molar-refractivity contribution is 0.570. The summed E-state index contributed by atoms with van der Waals surface area (Å²) in [5.74, 6) is 1.72. The number of nitrogens with one attached hydrogen (secondary N) is 2. The highest BCUT2D eigenvalue weighted by molar-refractivity contribution is 5.93. The molecule has 0 saturated heterocycles. The molecule has 1 fully saturated rings. The predicted octanol–water partition coefficient (Wildman–Crippen LogP) is 3.75. The second-order valence-corrected chi connectivity index (χ2v) is 7.14. The Kier molecular flexibility index (Phi) is 2.78. The number of aromatic amines is 1. The van der Waals surface area contributed by atoms with Gasteiger partial charge in [-0.2, -0.15) is 10.4 Å². The molecule has 2 aliphatic carbocycles. The number of nitriles is 1. The predicted molar refractivity (Wildman–Crippen MR) is 97.8 cm³/mol. The summed E-state index contributed by atoms with van der Waals surface area (Å²) >= 11 is 0. The second kappa shape index (κ2) is 5.17. The lowest BCUT2D eigenvalue weighted by atomic mass is 10.1. The van der Waals surface area contributed by atoms with Crippen molar-refractivity contribution in [1.82, 2.24) is 20.2 Å². The zero-order valence-electron chi connectivity index (χ0n) is 14.2. The van der Waals surface area contributed by atoms with Gasteiger partial charge in [-0.25, -0.2) is 4.98 Å². The van der Waals surface area contributed by atoms with Crippen molar-refractivity contribution >= 4 is 16.6 Å². The molecule has 0 amide bonds. The van der Waals surface area contributed by atoms with Gasteiger partial charge in [-0.05, 0) is 48.1 Å². The first-order chi connectivity index (χ1) is 13.3. The van der Waals surface area contributed by atoms with Crippen LogP contribution >= 0.6 is 0 Å². The van der Waals surface area contributed by atoms with Crippen LogP contribution in [0.3, 0.4) is 0 Å². The number of benzene rings is 1. The molecule has 2 aliphatic rings. The summed E-state index contributed by atoms with van der Waals surface area (Å²) in [7, 11) is 0. The Balaban J connectivity index is 1.37. The Morgan fingerprint density at radius 1 is 1.26 bits per heavy atom. The normalized spacial score (nSPS) is 22.3. The summed E-state index contributed by atoms with van der Waals surface area (Å²) in [5.41, 5.74) is 5.64. The topological polar surface area (TPSA) is 103 Å². The summed E-state index contributed by atoms with van der Waals surface area (Å²) in [5, 5.41) is 21.1. The van der Waals surface area contributed by atoms with Gasteiger partial charge in [0.25, 0.3) is 0 Å². The molecule has 0 radical (unpaired) electrons. The number of fused-ring (bicyclic) bond motifs is 4. The number of pyridine rings is 1.